The molecule has 0 spiro atoms. The highest BCUT2D eigenvalue weighted by molar-refractivity contribution is 6.36. The first-order chi connectivity index (χ1) is 10.8. The second-order valence-corrected chi connectivity index (χ2v) is 5.46. The van der Waals surface area contributed by atoms with Crippen LogP contribution in [-0.4, -0.2) is 10.2 Å². The van der Waals surface area contributed by atoms with Gasteiger partial charge < -0.3 is 4.42 Å². The minimum atomic E-state index is -4.39. The smallest absolute Gasteiger partial charge is 0.416 e. The summed E-state index contributed by atoms with van der Waals surface area (Å²) in [5.41, 5.74) is 0.116. The zero-order valence-electron chi connectivity index (χ0n) is 11.2. The molecule has 3 aromatic rings. The van der Waals surface area contributed by atoms with Crippen LogP contribution in [0.25, 0.3) is 22.9 Å². The van der Waals surface area contributed by atoms with Gasteiger partial charge in [0.15, 0.2) is 0 Å². The highest BCUT2D eigenvalue weighted by Gasteiger charge is 2.30. The number of aromatic nitrogens is 2. The van der Waals surface area contributed by atoms with Crippen LogP contribution < -0.4 is 0 Å². The van der Waals surface area contributed by atoms with E-state index in [9.17, 15) is 13.2 Å². The van der Waals surface area contributed by atoms with Gasteiger partial charge in [0, 0.05) is 10.6 Å². The highest BCUT2D eigenvalue weighted by Crippen LogP contribution is 2.33. The summed E-state index contributed by atoms with van der Waals surface area (Å²) < 4.78 is 43.1. The Bertz CT molecular complexity index is 845. The molecular weight excluding hydrogens is 352 g/mol. The van der Waals surface area contributed by atoms with Gasteiger partial charge in [-0.1, -0.05) is 23.2 Å². The van der Waals surface area contributed by atoms with E-state index >= 15 is 0 Å². The fourth-order valence-corrected chi connectivity index (χ4v) is 2.40. The van der Waals surface area contributed by atoms with Gasteiger partial charge in [-0.3, -0.25) is 0 Å². The molecule has 0 aliphatic heterocycles. The number of hydrogen-bond acceptors (Lipinski definition) is 3. The summed E-state index contributed by atoms with van der Waals surface area (Å²) in [6.45, 7) is 0. The third-order valence-electron chi connectivity index (χ3n) is 3.05. The van der Waals surface area contributed by atoms with Crippen molar-refractivity contribution >= 4 is 23.2 Å². The molecule has 0 radical (unpaired) electrons. The third-order valence-corrected chi connectivity index (χ3v) is 3.59. The second kappa shape index (κ2) is 5.86. The molecule has 0 atom stereocenters. The first-order valence-electron chi connectivity index (χ1n) is 6.31. The fraction of sp³-hybridized carbons (Fsp3) is 0.0667. The van der Waals surface area contributed by atoms with Crippen LogP contribution in [0, 0.1) is 0 Å². The van der Waals surface area contributed by atoms with Gasteiger partial charge in [0.25, 0.3) is 0 Å². The Morgan fingerprint density at radius 2 is 1.52 bits per heavy atom. The van der Waals surface area contributed by atoms with Gasteiger partial charge in [0.2, 0.25) is 11.8 Å². The van der Waals surface area contributed by atoms with E-state index in [0.717, 1.165) is 12.1 Å². The van der Waals surface area contributed by atoms with Crippen LogP contribution in [0.3, 0.4) is 0 Å². The van der Waals surface area contributed by atoms with Crippen LogP contribution in [0.2, 0.25) is 10.0 Å². The molecule has 0 aliphatic carbocycles. The molecule has 0 saturated heterocycles. The lowest BCUT2D eigenvalue weighted by Crippen LogP contribution is -2.03. The SMILES string of the molecule is FC(F)(F)c1ccc(-c2nnc(-c3ccc(Cl)cc3Cl)o2)cc1. The molecule has 8 heteroatoms. The summed E-state index contributed by atoms with van der Waals surface area (Å²) in [6.07, 6.45) is -4.39. The van der Waals surface area contributed by atoms with Crippen LogP contribution in [0.5, 0.6) is 0 Å². The molecule has 0 saturated carbocycles. The topological polar surface area (TPSA) is 38.9 Å². The van der Waals surface area contributed by atoms with Crippen LogP contribution >= 0.6 is 23.2 Å². The number of hydrogen-bond donors (Lipinski definition) is 0. The van der Waals surface area contributed by atoms with Crippen molar-refractivity contribution in [1.29, 1.82) is 0 Å². The first kappa shape index (κ1) is 15.8. The van der Waals surface area contributed by atoms with E-state index in [1.807, 2.05) is 0 Å². The molecule has 0 unspecified atom stereocenters. The van der Waals surface area contributed by atoms with Crippen molar-refractivity contribution in [1.82, 2.24) is 10.2 Å². The lowest BCUT2D eigenvalue weighted by Gasteiger charge is -2.05. The minimum Gasteiger partial charge on any atom is -0.416 e. The summed E-state index contributed by atoms with van der Waals surface area (Å²) in [4.78, 5) is 0. The Morgan fingerprint density at radius 3 is 2.13 bits per heavy atom. The molecule has 3 nitrogen and oxygen atoms in total. The molecule has 1 heterocycles. The van der Waals surface area contributed by atoms with E-state index in [1.165, 1.54) is 18.2 Å². The van der Waals surface area contributed by atoms with Gasteiger partial charge in [-0.05, 0) is 42.5 Å². The van der Waals surface area contributed by atoms with Crippen molar-refractivity contribution in [2.75, 3.05) is 0 Å². The summed E-state index contributed by atoms with van der Waals surface area (Å²) in [5.74, 6) is 0.251. The number of benzene rings is 2. The molecule has 0 fully saturated rings. The van der Waals surface area contributed by atoms with Crippen molar-refractivity contribution in [2.45, 2.75) is 6.18 Å². The number of rotatable bonds is 2. The van der Waals surface area contributed by atoms with Gasteiger partial charge in [-0.15, -0.1) is 10.2 Å². The van der Waals surface area contributed by atoms with E-state index in [0.29, 0.717) is 21.2 Å². The van der Waals surface area contributed by atoms with Crippen LogP contribution in [0.15, 0.2) is 46.9 Å². The van der Waals surface area contributed by atoms with Crippen molar-refractivity contribution in [3.05, 3.63) is 58.1 Å². The van der Waals surface area contributed by atoms with Crippen molar-refractivity contribution in [3.8, 4) is 22.9 Å². The normalized spacial score (nSPS) is 11.7. The maximum atomic E-state index is 12.5. The molecule has 23 heavy (non-hydrogen) atoms. The lowest BCUT2D eigenvalue weighted by atomic mass is 10.1. The van der Waals surface area contributed by atoms with Gasteiger partial charge in [0.1, 0.15) is 0 Å². The summed E-state index contributed by atoms with van der Waals surface area (Å²) in [7, 11) is 0. The summed E-state index contributed by atoms with van der Waals surface area (Å²) in [6, 6.07) is 9.20. The molecule has 3 rings (SSSR count). The Hall–Kier alpha value is -2.05. The monoisotopic (exact) mass is 358 g/mol. The average Bonchev–Trinajstić information content (AvgIpc) is 2.96. The summed E-state index contributed by atoms with van der Waals surface area (Å²) in [5, 5.41) is 8.48. The zero-order chi connectivity index (χ0) is 16.6. The Kier molecular flexibility index (Phi) is 4.04. The average molecular weight is 359 g/mol. The highest BCUT2D eigenvalue weighted by atomic mass is 35.5. The first-order valence-corrected chi connectivity index (χ1v) is 7.07. The predicted octanol–water partition coefficient (Wildman–Crippen LogP) is 5.73. The maximum Gasteiger partial charge on any atom is 0.416 e. The molecular formula is C15H7Cl2F3N2O. The standard InChI is InChI=1S/C15H7Cl2F3N2O/c16-10-5-6-11(12(17)7-10)14-22-21-13(23-14)8-1-3-9(4-2-8)15(18,19)20/h1-7H. The van der Waals surface area contributed by atoms with E-state index in [4.69, 9.17) is 27.6 Å². The van der Waals surface area contributed by atoms with Gasteiger partial charge in [-0.25, -0.2) is 0 Å². The molecule has 2 aromatic carbocycles. The lowest BCUT2D eigenvalue weighted by molar-refractivity contribution is -0.137. The largest absolute Gasteiger partial charge is 0.416 e. The van der Waals surface area contributed by atoms with Crippen LogP contribution in [-0.2, 0) is 6.18 Å². The van der Waals surface area contributed by atoms with E-state index in [-0.39, 0.29) is 11.8 Å². The van der Waals surface area contributed by atoms with Crippen LogP contribution in [0.4, 0.5) is 13.2 Å². The number of nitrogens with zero attached hydrogens (tertiary/aromatic N) is 2. The van der Waals surface area contributed by atoms with Gasteiger partial charge in [0.05, 0.1) is 16.1 Å². The van der Waals surface area contributed by atoms with Gasteiger partial charge >= 0.3 is 6.18 Å². The molecule has 118 valence electrons. The predicted molar refractivity (Wildman–Crippen MR) is 80.2 cm³/mol. The number of halogens is 5. The molecule has 0 amide bonds. The van der Waals surface area contributed by atoms with Crippen molar-refractivity contribution in [2.24, 2.45) is 0 Å². The Labute approximate surface area is 138 Å². The molecule has 1 aromatic heterocycles. The van der Waals surface area contributed by atoms with Crippen molar-refractivity contribution in [3.63, 3.8) is 0 Å². The Balaban J connectivity index is 1.93. The number of alkyl halides is 3. The van der Waals surface area contributed by atoms with Crippen molar-refractivity contribution < 1.29 is 17.6 Å². The van der Waals surface area contributed by atoms with E-state index in [1.54, 1.807) is 12.1 Å². The van der Waals surface area contributed by atoms with E-state index in [2.05, 4.69) is 10.2 Å². The van der Waals surface area contributed by atoms with E-state index < -0.39 is 11.7 Å². The zero-order valence-corrected chi connectivity index (χ0v) is 12.7. The molecule has 0 bridgehead atoms. The summed E-state index contributed by atoms with van der Waals surface area (Å²) >= 11 is 11.9. The molecule has 0 aliphatic rings. The fourth-order valence-electron chi connectivity index (χ4n) is 1.91. The third kappa shape index (κ3) is 3.33. The second-order valence-electron chi connectivity index (χ2n) is 4.61. The maximum absolute atomic E-state index is 12.5. The van der Waals surface area contributed by atoms with Gasteiger partial charge in [-0.2, -0.15) is 13.2 Å². The quantitative estimate of drug-likeness (QED) is 0.587. The van der Waals surface area contributed by atoms with Crippen LogP contribution in [0.1, 0.15) is 5.56 Å². The molecule has 0 N–H and O–H groups in total. The Morgan fingerprint density at radius 1 is 0.870 bits per heavy atom. The minimum absolute atomic E-state index is 0.0970.